The van der Waals surface area contributed by atoms with Gasteiger partial charge in [-0.15, -0.1) is 0 Å². The summed E-state index contributed by atoms with van der Waals surface area (Å²) in [5.41, 5.74) is 2.63. The molecule has 0 aliphatic carbocycles. The van der Waals surface area contributed by atoms with E-state index < -0.39 is 0 Å². The van der Waals surface area contributed by atoms with Gasteiger partial charge >= 0.3 is 0 Å². The summed E-state index contributed by atoms with van der Waals surface area (Å²) in [6.45, 7) is 3.92. The number of nitrogens with one attached hydrogen (secondary N) is 1. The van der Waals surface area contributed by atoms with Gasteiger partial charge in [0, 0.05) is 6.04 Å². The SMILES string of the molecule is Cc1cc(Cl)nc(Cl)c1NC(C)Cc1cccc(F)c1. The first-order valence-corrected chi connectivity index (χ1v) is 7.05. The number of rotatable bonds is 4. The molecule has 1 N–H and O–H groups in total. The zero-order valence-corrected chi connectivity index (χ0v) is 12.8. The lowest BCUT2D eigenvalue weighted by Crippen LogP contribution is -2.19. The molecule has 5 heteroatoms. The topological polar surface area (TPSA) is 24.9 Å². The highest BCUT2D eigenvalue weighted by atomic mass is 35.5. The molecule has 1 atom stereocenters. The van der Waals surface area contributed by atoms with E-state index in [4.69, 9.17) is 23.2 Å². The van der Waals surface area contributed by atoms with E-state index >= 15 is 0 Å². The van der Waals surface area contributed by atoms with Gasteiger partial charge in [-0.3, -0.25) is 0 Å². The van der Waals surface area contributed by atoms with Crippen molar-refractivity contribution in [3.8, 4) is 0 Å². The lowest BCUT2D eigenvalue weighted by atomic mass is 10.1. The summed E-state index contributed by atoms with van der Waals surface area (Å²) >= 11 is 11.9. The summed E-state index contributed by atoms with van der Waals surface area (Å²) in [5, 5.41) is 4.02. The molecule has 0 fully saturated rings. The maximum Gasteiger partial charge on any atom is 0.154 e. The standard InChI is InChI=1S/C15H15Cl2FN2/c1-9-6-13(16)20-15(17)14(9)19-10(2)7-11-4-3-5-12(18)8-11/h3-6,8,10,19H,7H2,1-2H3. The second kappa shape index (κ2) is 6.42. The number of aryl methyl sites for hydroxylation is 1. The van der Waals surface area contributed by atoms with E-state index in [0.717, 1.165) is 16.8 Å². The van der Waals surface area contributed by atoms with Gasteiger partial charge in [0.25, 0.3) is 0 Å². The third-order valence-corrected chi connectivity index (χ3v) is 3.43. The fourth-order valence-corrected chi connectivity index (χ4v) is 2.67. The van der Waals surface area contributed by atoms with Crippen LogP contribution < -0.4 is 5.32 Å². The highest BCUT2D eigenvalue weighted by Gasteiger charge is 2.11. The number of pyridine rings is 1. The number of hydrogen-bond acceptors (Lipinski definition) is 2. The molecule has 1 unspecified atom stereocenters. The van der Waals surface area contributed by atoms with Crippen LogP contribution in [0.4, 0.5) is 10.1 Å². The molecule has 2 aromatic rings. The van der Waals surface area contributed by atoms with Crippen LogP contribution in [0.25, 0.3) is 0 Å². The van der Waals surface area contributed by atoms with E-state index in [1.165, 1.54) is 12.1 Å². The van der Waals surface area contributed by atoms with E-state index in [1.807, 2.05) is 19.9 Å². The maximum absolute atomic E-state index is 13.2. The first kappa shape index (κ1) is 15.1. The Kier molecular flexibility index (Phi) is 4.84. The molecule has 1 aromatic carbocycles. The van der Waals surface area contributed by atoms with Gasteiger partial charge in [0.15, 0.2) is 5.15 Å². The van der Waals surface area contributed by atoms with Gasteiger partial charge in [-0.05, 0) is 49.6 Å². The number of aromatic nitrogens is 1. The number of benzene rings is 1. The first-order valence-electron chi connectivity index (χ1n) is 6.29. The molecule has 106 valence electrons. The van der Waals surface area contributed by atoms with E-state index in [2.05, 4.69) is 10.3 Å². The van der Waals surface area contributed by atoms with Gasteiger partial charge in [0.2, 0.25) is 0 Å². The van der Waals surface area contributed by atoms with Crippen molar-refractivity contribution in [3.05, 3.63) is 57.6 Å². The summed E-state index contributed by atoms with van der Waals surface area (Å²) in [4.78, 5) is 4.02. The van der Waals surface area contributed by atoms with Crippen molar-refractivity contribution in [1.29, 1.82) is 0 Å². The van der Waals surface area contributed by atoms with Crippen LogP contribution in [0.2, 0.25) is 10.3 Å². The third kappa shape index (κ3) is 3.84. The molecule has 0 amide bonds. The Balaban J connectivity index is 2.10. The molecule has 20 heavy (non-hydrogen) atoms. The maximum atomic E-state index is 13.2. The summed E-state index contributed by atoms with van der Waals surface area (Å²) in [6, 6.07) is 8.43. The number of nitrogens with zero attached hydrogens (tertiary/aromatic N) is 1. The normalized spacial score (nSPS) is 12.2. The highest BCUT2D eigenvalue weighted by molar-refractivity contribution is 6.34. The second-order valence-electron chi connectivity index (χ2n) is 4.81. The Bertz CT molecular complexity index is 594. The fraction of sp³-hybridized carbons (Fsp3) is 0.267. The minimum Gasteiger partial charge on any atom is -0.380 e. The Morgan fingerprint density at radius 2 is 2.05 bits per heavy atom. The summed E-state index contributed by atoms with van der Waals surface area (Å²) < 4.78 is 13.2. The molecule has 0 bridgehead atoms. The molecule has 2 rings (SSSR count). The van der Waals surface area contributed by atoms with Crippen molar-refractivity contribution >= 4 is 28.9 Å². The summed E-state index contributed by atoms with van der Waals surface area (Å²) in [6.07, 6.45) is 0.691. The molecule has 0 saturated heterocycles. The first-order chi connectivity index (χ1) is 9.45. The van der Waals surface area contributed by atoms with Gasteiger partial charge in [-0.25, -0.2) is 9.37 Å². The smallest absolute Gasteiger partial charge is 0.154 e. The van der Waals surface area contributed by atoms with Gasteiger partial charge in [-0.2, -0.15) is 0 Å². The second-order valence-corrected chi connectivity index (χ2v) is 5.55. The van der Waals surface area contributed by atoms with Crippen molar-refractivity contribution in [2.24, 2.45) is 0 Å². The Hall–Kier alpha value is -1.32. The molecule has 0 saturated carbocycles. The van der Waals surface area contributed by atoms with Crippen molar-refractivity contribution in [3.63, 3.8) is 0 Å². The minimum atomic E-state index is -0.225. The highest BCUT2D eigenvalue weighted by Crippen LogP contribution is 2.27. The molecule has 0 radical (unpaired) electrons. The Morgan fingerprint density at radius 3 is 2.70 bits per heavy atom. The predicted molar refractivity (Wildman–Crippen MR) is 82.2 cm³/mol. The lowest BCUT2D eigenvalue weighted by Gasteiger charge is -2.18. The van der Waals surface area contributed by atoms with Crippen molar-refractivity contribution in [2.45, 2.75) is 26.3 Å². The Labute approximate surface area is 127 Å². The average Bonchev–Trinajstić information content (AvgIpc) is 2.33. The number of anilines is 1. The lowest BCUT2D eigenvalue weighted by molar-refractivity contribution is 0.624. The minimum absolute atomic E-state index is 0.0935. The van der Waals surface area contributed by atoms with Crippen molar-refractivity contribution < 1.29 is 4.39 Å². The van der Waals surface area contributed by atoms with Crippen LogP contribution in [0.5, 0.6) is 0 Å². The van der Waals surface area contributed by atoms with E-state index in [0.29, 0.717) is 16.7 Å². The molecular weight excluding hydrogens is 298 g/mol. The van der Waals surface area contributed by atoms with Crippen molar-refractivity contribution in [1.82, 2.24) is 4.98 Å². The van der Waals surface area contributed by atoms with Gasteiger partial charge in [0.1, 0.15) is 11.0 Å². The summed E-state index contributed by atoms with van der Waals surface area (Å²) in [7, 11) is 0. The van der Waals surface area contributed by atoms with Crippen LogP contribution in [0.3, 0.4) is 0 Å². The molecule has 1 aromatic heterocycles. The van der Waals surface area contributed by atoms with E-state index in [9.17, 15) is 4.39 Å². The zero-order chi connectivity index (χ0) is 14.7. The largest absolute Gasteiger partial charge is 0.380 e. The average molecular weight is 313 g/mol. The van der Waals surface area contributed by atoms with Crippen LogP contribution >= 0.6 is 23.2 Å². The monoisotopic (exact) mass is 312 g/mol. The molecule has 0 spiro atoms. The quantitative estimate of drug-likeness (QED) is 0.814. The van der Waals surface area contributed by atoms with Crippen LogP contribution in [0.15, 0.2) is 30.3 Å². The molecule has 0 aliphatic heterocycles. The van der Waals surface area contributed by atoms with E-state index in [1.54, 1.807) is 12.1 Å². The number of hydrogen-bond donors (Lipinski definition) is 1. The molecule has 0 aliphatic rings. The summed E-state index contributed by atoms with van der Waals surface area (Å²) in [5.74, 6) is -0.225. The van der Waals surface area contributed by atoms with Crippen LogP contribution in [-0.2, 0) is 6.42 Å². The van der Waals surface area contributed by atoms with E-state index in [-0.39, 0.29) is 11.9 Å². The zero-order valence-electron chi connectivity index (χ0n) is 11.3. The molecular formula is C15H15Cl2FN2. The van der Waals surface area contributed by atoms with Gasteiger partial charge < -0.3 is 5.32 Å². The molecule has 2 nitrogen and oxygen atoms in total. The molecule has 1 heterocycles. The predicted octanol–water partition coefficient (Wildman–Crippen LogP) is 4.88. The third-order valence-electron chi connectivity index (χ3n) is 2.96. The van der Waals surface area contributed by atoms with Crippen LogP contribution in [-0.4, -0.2) is 11.0 Å². The van der Waals surface area contributed by atoms with Gasteiger partial charge in [-0.1, -0.05) is 35.3 Å². The van der Waals surface area contributed by atoms with Gasteiger partial charge in [0.05, 0.1) is 5.69 Å². The van der Waals surface area contributed by atoms with Crippen LogP contribution in [0.1, 0.15) is 18.1 Å². The van der Waals surface area contributed by atoms with Crippen molar-refractivity contribution in [2.75, 3.05) is 5.32 Å². The fourth-order valence-electron chi connectivity index (χ4n) is 2.08. The number of halogens is 3. The Morgan fingerprint density at radius 1 is 1.30 bits per heavy atom. The van der Waals surface area contributed by atoms with Crippen LogP contribution in [0, 0.1) is 12.7 Å².